The van der Waals surface area contributed by atoms with E-state index in [1.165, 1.54) is 24.1 Å². The van der Waals surface area contributed by atoms with Crippen LogP contribution < -0.4 is 9.64 Å². The molecule has 3 aliphatic heterocycles. The Hall–Kier alpha value is -1.71. The molecule has 2 fully saturated rings. The average Bonchev–Trinajstić information content (AvgIpc) is 3.01. The molecule has 0 aromatic heterocycles. The van der Waals surface area contributed by atoms with Gasteiger partial charge in [-0.3, -0.25) is 4.79 Å². The van der Waals surface area contributed by atoms with Gasteiger partial charge in [-0.1, -0.05) is 12.1 Å². The number of rotatable bonds is 2. The Balaban J connectivity index is 1.71. The number of para-hydroxylation sites is 1. The molecule has 1 aromatic carbocycles. The fraction of sp³-hybridized carbons (Fsp3) is 0.533. The lowest BCUT2D eigenvalue weighted by Gasteiger charge is -2.41. The van der Waals surface area contributed by atoms with Crippen LogP contribution in [-0.2, 0) is 11.2 Å². The summed E-state index contributed by atoms with van der Waals surface area (Å²) in [6.45, 7) is 2.50. The first kappa shape index (κ1) is 11.1. The van der Waals surface area contributed by atoms with Gasteiger partial charge in [0.25, 0.3) is 0 Å². The van der Waals surface area contributed by atoms with E-state index < -0.39 is 0 Å². The first-order chi connectivity index (χ1) is 9.36. The van der Waals surface area contributed by atoms with Crippen molar-refractivity contribution >= 4 is 12.1 Å². The smallest absolute Gasteiger partial charge is 0.209 e. The van der Waals surface area contributed by atoms with Gasteiger partial charge in [-0.25, -0.2) is 0 Å². The number of hydrogen-bond acceptors (Lipinski definition) is 3. The molecule has 2 atom stereocenters. The fourth-order valence-electron chi connectivity index (χ4n) is 3.82. The van der Waals surface area contributed by atoms with Crippen LogP contribution in [0.1, 0.15) is 18.4 Å². The maximum Gasteiger partial charge on any atom is 0.209 e. The summed E-state index contributed by atoms with van der Waals surface area (Å²) in [7, 11) is 0. The van der Waals surface area contributed by atoms with Crippen LogP contribution in [0.4, 0.5) is 5.69 Å². The van der Waals surface area contributed by atoms with Gasteiger partial charge in [0.1, 0.15) is 5.75 Å². The molecular weight excluding hydrogens is 240 g/mol. The van der Waals surface area contributed by atoms with E-state index >= 15 is 0 Å². The maximum absolute atomic E-state index is 11.0. The standard InChI is InChI=1S/C15H18N2O2/c18-10-16-8-12-4-5-13(9-16)17(12)14-3-1-2-11-6-7-19-15(11)14/h1-3,10,12-13H,4-9H2. The third kappa shape index (κ3) is 1.62. The molecule has 3 aliphatic rings. The van der Waals surface area contributed by atoms with E-state index in [4.69, 9.17) is 4.74 Å². The topological polar surface area (TPSA) is 32.8 Å². The first-order valence-electron chi connectivity index (χ1n) is 7.09. The van der Waals surface area contributed by atoms with Crippen molar-refractivity contribution in [3.05, 3.63) is 23.8 Å². The van der Waals surface area contributed by atoms with Crippen molar-refractivity contribution in [1.29, 1.82) is 0 Å². The first-order valence-corrected chi connectivity index (χ1v) is 7.09. The van der Waals surface area contributed by atoms with E-state index in [-0.39, 0.29) is 0 Å². The summed E-state index contributed by atoms with van der Waals surface area (Å²) in [5.41, 5.74) is 2.57. The second-order valence-corrected chi connectivity index (χ2v) is 5.72. The average molecular weight is 258 g/mol. The predicted octanol–water partition coefficient (Wildman–Crippen LogP) is 1.43. The SMILES string of the molecule is O=CN1CC2CCC(C1)N2c1cccc2c1OCC2. The van der Waals surface area contributed by atoms with Crippen LogP contribution in [0.15, 0.2) is 18.2 Å². The number of anilines is 1. The van der Waals surface area contributed by atoms with E-state index in [1.54, 1.807) is 0 Å². The van der Waals surface area contributed by atoms with Gasteiger partial charge in [0.2, 0.25) is 6.41 Å². The van der Waals surface area contributed by atoms with Crippen LogP contribution in [0, 0.1) is 0 Å². The van der Waals surface area contributed by atoms with E-state index in [9.17, 15) is 4.79 Å². The van der Waals surface area contributed by atoms with Crippen molar-refractivity contribution in [2.75, 3.05) is 24.6 Å². The van der Waals surface area contributed by atoms with Crippen molar-refractivity contribution in [2.45, 2.75) is 31.3 Å². The summed E-state index contributed by atoms with van der Waals surface area (Å²) in [6.07, 6.45) is 4.37. The molecule has 0 radical (unpaired) electrons. The molecule has 4 nitrogen and oxygen atoms in total. The highest BCUT2D eigenvalue weighted by Gasteiger charge is 2.41. The van der Waals surface area contributed by atoms with Crippen LogP contribution in [-0.4, -0.2) is 43.1 Å². The molecule has 1 amide bonds. The number of carbonyl (C=O) groups excluding carboxylic acids is 1. The van der Waals surface area contributed by atoms with Gasteiger partial charge < -0.3 is 14.5 Å². The number of fused-ring (bicyclic) bond motifs is 3. The molecule has 100 valence electrons. The Bertz CT molecular complexity index is 503. The summed E-state index contributed by atoms with van der Waals surface area (Å²) in [5, 5.41) is 0. The molecule has 2 saturated heterocycles. The predicted molar refractivity (Wildman–Crippen MR) is 72.6 cm³/mol. The lowest BCUT2D eigenvalue weighted by molar-refractivity contribution is -0.119. The molecule has 3 heterocycles. The van der Waals surface area contributed by atoms with Crippen LogP contribution in [0.5, 0.6) is 5.75 Å². The van der Waals surface area contributed by atoms with E-state index in [0.717, 1.165) is 38.3 Å². The highest BCUT2D eigenvalue weighted by molar-refractivity contribution is 5.66. The van der Waals surface area contributed by atoms with Crippen molar-refractivity contribution in [3.8, 4) is 5.75 Å². The zero-order chi connectivity index (χ0) is 12.8. The zero-order valence-electron chi connectivity index (χ0n) is 10.9. The number of likely N-dealkylation sites (tertiary alicyclic amines) is 1. The van der Waals surface area contributed by atoms with Gasteiger partial charge in [0.15, 0.2) is 0 Å². The van der Waals surface area contributed by atoms with Gasteiger partial charge in [-0.2, -0.15) is 0 Å². The van der Waals surface area contributed by atoms with Crippen LogP contribution in [0.25, 0.3) is 0 Å². The summed E-state index contributed by atoms with van der Waals surface area (Å²) < 4.78 is 5.84. The quantitative estimate of drug-likeness (QED) is 0.752. The molecule has 2 bridgehead atoms. The third-order valence-corrected chi connectivity index (χ3v) is 4.63. The third-order valence-electron chi connectivity index (χ3n) is 4.63. The summed E-state index contributed by atoms with van der Waals surface area (Å²) >= 11 is 0. The molecule has 1 aromatic rings. The lowest BCUT2D eigenvalue weighted by atomic mass is 10.1. The number of ether oxygens (including phenoxy) is 1. The van der Waals surface area contributed by atoms with Gasteiger partial charge >= 0.3 is 0 Å². The number of piperazine rings is 1. The van der Waals surface area contributed by atoms with E-state index in [1.807, 2.05) is 4.90 Å². The molecule has 19 heavy (non-hydrogen) atoms. The minimum absolute atomic E-state index is 0.458. The summed E-state index contributed by atoms with van der Waals surface area (Å²) in [5.74, 6) is 1.08. The van der Waals surface area contributed by atoms with E-state index in [2.05, 4.69) is 23.1 Å². The molecule has 4 rings (SSSR count). The molecule has 2 unspecified atom stereocenters. The maximum atomic E-state index is 11.0. The normalized spacial score (nSPS) is 28.2. The lowest BCUT2D eigenvalue weighted by Crippen LogP contribution is -2.53. The molecular formula is C15H18N2O2. The van der Waals surface area contributed by atoms with Crippen molar-refractivity contribution in [1.82, 2.24) is 4.90 Å². The Morgan fingerprint density at radius 1 is 1.21 bits per heavy atom. The highest BCUT2D eigenvalue weighted by atomic mass is 16.5. The van der Waals surface area contributed by atoms with Gasteiger partial charge in [-0.15, -0.1) is 0 Å². The van der Waals surface area contributed by atoms with Gasteiger partial charge in [0.05, 0.1) is 12.3 Å². The number of amides is 1. The molecule has 0 saturated carbocycles. The fourth-order valence-corrected chi connectivity index (χ4v) is 3.82. The second-order valence-electron chi connectivity index (χ2n) is 5.72. The Kier molecular flexibility index (Phi) is 2.43. The largest absolute Gasteiger partial charge is 0.491 e. The minimum atomic E-state index is 0.458. The molecule has 4 heteroatoms. The molecule has 0 spiro atoms. The molecule has 0 aliphatic carbocycles. The summed E-state index contributed by atoms with van der Waals surface area (Å²) in [6, 6.07) is 7.38. The monoisotopic (exact) mass is 258 g/mol. The number of nitrogens with zero attached hydrogens (tertiary/aromatic N) is 2. The number of carbonyl (C=O) groups is 1. The Morgan fingerprint density at radius 2 is 2.00 bits per heavy atom. The Labute approximate surface area is 112 Å². The van der Waals surface area contributed by atoms with Crippen molar-refractivity contribution in [2.24, 2.45) is 0 Å². The zero-order valence-corrected chi connectivity index (χ0v) is 10.9. The number of hydrogen-bond donors (Lipinski definition) is 0. The van der Waals surface area contributed by atoms with Crippen LogP contribution in [0.2, 0.25) is 0 Å². The van der Waals surface area contributed by atoms with E-state index in [0.29, 0.717) is 12.1 Å². The van der Waals surface area contributed by atoms with Gasteiger partial charge in [0, 0.05) is 31.6 Å². The van der Waals surface area contributed by atoms with Crippen LogP contribution >= 0.6 is 0 Å². The second kappa shape index (κ2) is 4.15. The highest BCUT2D eigenvalue weighted by Crippen LogP contribution is 2.42. The van der Waals surface area contributed by atoms with Crippen molar-refractivity contribution < 1.29 is 9.53 Å². The summed E-state index contributed by atoms with van der Waals surface area (Å²) in [4.78, 5) is 15.4. The van der Waals surface area contributed by atoms with Crippen LogP contribution in [0.3, 0.4) is 0 Å². The minimum Gasteiger partial charge on any atom is -0.491 e. The van der Waals surface area contributed by atoms with Gasteiger partial charge in [-0.05, 0) is 24.5 Å². The van der Waals surface area contributed by atoms with Crippen molar-refractivity contribution in [3.63, 3.8) is 0 Å². The number of benzene rings is 1. The Morgan fingerprint density at radius 3 is 2.74 bits per heavy atom. The molecule has 0 N–H and O–H groups in total.